The molecular weight excluding hydrogens is 442 g/mol. The minimum Gasteiger partial charge on any atom is -0.489 e. The van der Waals surface area contributed by atoms with Gasteiger partial charge in [-0.3, -0.25) is 9.59 Å². The fraction of sp³-hybridized carbons (Fsp3) is 0.286. The van der Waals surface area contributed by atoms with E-state index in [-0.39, 0.29) is 18.4 Å². The molecule has 0 radical (unpaired) electrons. The molecule has 4 rings (SSSR count). The van der Waals surface area contributed by atoms with Gasteiger partial charge in [0, 0.05) is 36.6 Å². The Morgan fingerprint density at radius 1 is 0.943 bits per heavy atom. The fourth-order valence-corrected chi connectivity index (χ4v) is 3.89. The first-order valence-corrected chi connectivity index (χ1v) is 11.9. The highest BCUT2D eigenvalue weighted by Crippen LogP contribution is 2.19. The van der Waals surface area contributed by atoms with Crippen LogP contribution in [-0.2, 0) is 16.1 Å². The van der Waals surface area contributed by atoms with E-state index in [0.29, 0.717) is 24.4 Å². The molecule has 0 saturated carbocycles. The molecule has 1 fully saturated rings. The van der Waals surface area contributed by atoms with Gasteiger partial charge in [0.1, 0.15) is 18.9 Å². The molecule has 3 aromatic rings. The van der Waals surface area contributed by atoms with Crippen molar-refractivity contribution in [2.24, 2.45) is 0 Å². The number of hydrogen-bond acceptors (Lipinski definition) is 5. The summed E-state index contributed by atoms with van der Waals surface area (Å²) in [6, 6.07) is 24.7. The smallest absolute Gasteiger partial charge is 0.254 e. The minimum atomic E-state index is -0.229. The van der Waals surface area contributed by atoms with Crippen molar-refractivity contribution in [3.8, 4) is 5.75 Å². The summed E-state index contributed by atoms with van der Waals surface area (Å²) in [6.07, 6.45) is 0. The van der Waals surface area contributed by atoms with E-state index in [2.05, 4.69) is 10.2 Å². The maximum Gasteiger partial charge on any atom is 0.254 e. The predicted molar refractivity (Wildman–Crippen MR) is 137 cm³/mol. The number of amides is 2. The topological polar surface area (TPSA) is 71.1 Å². The van der Waals surface area contributed by atoms with Gasteiger partial charge in [-0.2, -0.15) is 0 Å². The number of hydrogen-bond donors (Lipinski definition) is 1. The van der Waals surface area contributed by atoms with Gasteiger partial charge in [-0.15, -0.1) is 0 Å². The van der Waals surface area contributed by atoms with Crippen LogP contribution in [0, 0.1) is 0 Å². The van der Waals surface area contributed by atoms with Crippen molar-refractivity contribution in [2.75, 3.05) is 49.6 Å². The Morgan fingerprint density at radius 2 is 1.63 bits per heavy atom. The lowest BCUT2D eigenvalue weighted by molar-refractivity contribution is -0.116. The first kappa shape index (κ1) is 24.3. The van der Waals surface area contributed by atoms with Crippen molar-refractivity contribution in [3.05, 3.63) is 90.0 Å². The third kappa shape index (κ3) is 6.83. The second-order valence-corrected chi connectivity index (χ2v) is 8.31. The van der Waals surface area contributed by atoms with Crippen LogP contribution in [0.2, 0.25) is 0 Å². The molecule has 1 aliphatic heterocycles. The summed E-state index contributed by atoms with van der Waals surface area (Å²) in [5.41, 5.74) is 3.32. The summed E-state index contributed by atoms with van der Waals surface area (Å²) in [6.45, 7) is 5.88. The van der Waals surface area contributed by atoms with Gasteiger partial charge < -0.3 is 24.6 Å². The Labute approximate surface area is 206 Å². The predicted octanol–water partition coefficient (Wildman–Crippen LogP) is 4.20. The zero-order chi connectivity index (χ0) is 24.5. The standard InChI is InChI=1S/C28H31N3O4/c1-2-30(20-27(32)29-24-12-14-25(15-13-24)31-16-18-34-19-17-31)28(33)23-10-8-22(9-11-23)21-35-26-6-4-3-5-7-26/h3-15H,2,16-21H2,1H3,(H,29,32). The van der Waals surface area contributed by atoms with E-state index in [1.807, 2.05) is 73.7 Å². The number of carbonyl (C=O) groups excluding carboxylic acids is 2. The Kier molecular flexibility index (Phi) is 8.35. The summed E-state index contributed by atoms with van der Waals surface area (Å²) in [5.74, 6) is 0.389. The van der Waals surface area contributed by atoms with Gasteiger partial charge in [0.2, 0.25) is 5.91 Å². The molecule has 1 aliphatic rings. The zero-order valence-corrected chi connectivity index (χ0v) is 20.0. The van der Waals surface area contributed by atoms with Crippen LogP contribution >= 0.6 is 0 Å². The van der Waals surface area contributed by atoms with Gasteiger partial charge >= 0.3 is 0 Å². The Bertz CT molecular complexity index is 1100. The van der Waals surface area contributed by atoms with Gasteiger partial charge in [-0.1, -0.05) is 30.3 Å². The number of likely N-dealkylation sites (N-methyl/N-ethyl adjacent to an activating group) is 1. The minimum absolute atomic E-state index is 0.0145. The van der Waals surface area contributed by atoms with Crippen molar-refractivity contribution < 1.29 is 19.1 Å². The first-order chi connectivity index (χ1) is 17.1. The highest BCUT2D eigenvalue weighted by atomic mass is 16.5. The molecule has 0 aliphatic carbocycles. The molecular formula is C28H31N3O4. The van der Waals surface area contributed by atoms with E-state index in [9.17, 15) is 9.59 Å². The summed E-state index contributed by atoms with van der Waals surface area (Å²) < 4.78 is 11.1. The molecule has 35 heavy (non-hydrogen) atoms. The third-order valence-electron chi connectivity index (χ3n) is 5.88. The average molecular weight is 474 g/mol. The number of carbonyl (C=O) groups is 2. The number of ether oxygens (including phenoxy) is 2. The Hall–Kier alpha value is -3.84. The van der Waals surface area contributed by atoms with Crippen molar-refractivity contribution in [3.63, 3.8) is 0 Å². The summed E-state index contributed by atoms with van der Waals surface area (Å²) in [5, 5.41) is 2.89. The number of para-hydroxylation sites is 1. The molecule has 182 valence electrons. The molecule has 0 aromatic heterocycles. The molecule has 0 unspecified atom stereocenters. The van der Waals surface area contributed by atoms with Gasteiger partial charge in [-0.25, -0.2) is 0 Å². The first-order valence-electron chi connectivity index (χ1n) is 11.9. The normalized spacial score (nSPS) is 13.2. The molecule has 2 amide bonds. The van der Waals surface area contributed by atoms with E-state index < -0.39 is 0 Å². The maximum atomic E-state index is 13.0. The van der Waals surface area contributed by atoms with Crippen LogP contribution in [0.25, 0.3) is 0 Å². The SMILES string of the molecule is CCN(CC(=O)Nc1ccc(N2CCOCC2)cc1)C(=O)c1ccc(COc2ccccc2)cc1. The second-order valence-electron chi connectivity index (χ2n) is 8.31. The van der Waals surface area contributed by atoms with Gasteiger partial charge in [-0.05, 0) is 61.0 Å². The summed E-state index contributed by atoms with van der Waals surface area (Å²) in [4.78, 5) is 29.4. The van der Waals surface area contributed by atoms with Crippen molar-refractivity contribution >= 4 is 23.2 Å². The Morgan fingerprint density at radius 3 is 2.29 bits per heavy atom. The molecule has 0 atom stereocenters. The lowest BCUT2D eigenvalue weighted by atomic mass is 10.1. The lowest BCUT2D eigenvalue weighted by Gasteiger charge is -2.29. The van der Waals surface area contributed by atoms with Crippen LogP contribution in [0.3, 0.4) is 0 Å². The number of nitrogens with zero attached hydrogens (tertiary/aromatic N) is 2. The number of nitrogens with one attached hydrogen (secondary N) is 1. The number of anilines is 2. The van der Waals surface area contributed by atoms with Crippen LogP contribution in [-0.4, -0.2) is 56.1 Å². The van der Waals surface area contributed by atoms with Crippen LogP contribution < -0.4 is 15.0 Å². The van der Waals surface area contributed by atoms with Crippen LogP contribution in [0.15, 0.2) is 78.9 Å². The maximum absolute atomic E-state index is 13.0. The fourth-order valence-electron chi connectivity index (χ4n) is 3.89. The molecule has 7 nitrogen and oxygen atoms in total. The van der Waals surface area contributed by atoms with Gasteiger partial charge in [0.15, 0.2) is 0 Å². The zero-order valence-electron chi connectivity index (χ0n) is 20.0. The van der Waals surface area contributed by atoms with Crippen molar-refractivity contribution in [1.82, 2.24) is 4.90 Å². The van der Waals surface area contributed by atoms with E-state index >= 15 is 0 Å². The molecule has 7 heteroatoms. The molecule has 3 aromatic carbocycles. The molecule has 1 heterocycles. The van der Waals surface area contributed by atoms with E-state index in [1.54, 1.807) is 12.1 Å². The van der Waals surface area contributed by atoms with Crippen LogP contribution in [0.5, 0.6) is 5.75 Å². The van der Waals surface area contributed by atoms with E-state index in [4.69, 9.17) is 9.47 Å². The number of benzene rings is 3. The van der Waals surface area contributed by atoms with Crippen molar-refractivity contribution in [1.29, 1.82) is 0 Å². The summed E-state index contributed by atoms with van der Waals surface area (Å²) >= 11 is 0. The quantitative estimate of drug-likeness (QED) is 0.504. The highest BCUT2D eigenvalue weighted by Gasteiger charge is 2.18. The molecule has 0 spiro atoms. The van der Waals surface area contributed by atoms with Gasteiger partial charge in [0.25, 0.3) is 5.91 Å². The molecule has 1 N–H and O–H groups in total. The Balaban J connectivity index is 1.29. The average Bonchev–Trinajstić information content (AvgIpc) is 2.92. The third-order valence-corrected chi connectivity index (χ3v) is 5.88. The van der Waals surface area contributed by atoms with E-state index in [0.717, 1.165) is 43.3 Å². The second kappa shape index (κ2) is 12.0. The van der Waals surface area contributed by atoms with E-state index in [1.165, 1.54) is 4.90 Å². The summed E-state index contributed by atoms with van der Waals surface area (Å²) in [7, 11) is 0. The number of rotatable bonds is 9. The molecule has 1 saturated heterocycles. The largest absolute Gasteiger partial charge is 0.489 e. The van der Waals surface area contributed by atoms with Crippen molar-refractivity contribution in [2.45, 2.75) is 13.5 Å². The monoisotopic (exact) mass is 473 g/mol. The lowest BCUT2D eigenvalue weighted by Crippen LogP contribution is -2.38. The highest BCUT2D eigenvalue weighted by molar-refractivity contribution is 5.99. The van der Waals surface area contributed by atoms with Crippen LogP contribution in [0.4, 0.5) is 11.4 Å². The molecule has 0 bridgehead atoms. The van der Waals surface area contributed by atoms with Gasteiger partial charge in [0.05, 0.1) is 13.2 Å². The van der Waals surface area contributed by atoms with Crippen LogP contribution in [0.1, 0.15) is 22.8 Å². The number of morpholine rings is 1.